The van der Waals surface area contributed by atoms with Gasteiger partial charge in [-0.05, 0) is 39.8 Å². The summed E-state index contributed by atoms with van der Waals surface area (Å²) in [5, 5.41) is 13.6. The van der Waals surface area contributed by atoms with Crippen molar-refractivity contribution in [3.8, 4) is 0 Å². The van der Waals surface area contributed by atoms with Gasteiger partial charge in [-0.25, -0.2) is 0 Å². The van der Waals surface area contributed by atoms with E-state index in [1.165, 1.54) is 12.1 Å². The first-order valence-corrected chi connectivity index (χ1v) is 6.83. The van der Waals surface area contributed by atoms with Crippen LogP contribution in [-0.2, 0) is 0 Å². The summed E-state index contributed by atoms with van der Waals surface area (Å²) in [4.78, 5) is 22.3. The van der Waals surface area contributed by atoms with E-state index in [1.807, 2.05) is 0 Å². The van der Waals surface area contributed by atoms with Crippen LogP contribution in [0.5, 0.6) is 0 Å². The molecule has 1 aliphatic carbocycles. The molecule has 0 saturated heterocycles. The van der Waals surface area contributed by atoms with Gasteiger partial charge >= 0.3 is 0 Å². The van der Waals surface area contributed by atoms with Gasteiger partial charge in [0.05, 0.1) is 10.5 Å². The lowest BCUT2D eigenvalue weighted by atomic mass is 10.1. The van der Waals surface area contributed by atoms with Gasteiger partial charge in [-0.3, -0.25) is 14.9 Å². The van der Waals surface area contributed by atoms with E-state index in [1.54, 1.807) is 6.07 Å². The molecule has 2 rings (SSSR count). The number of nitro groups is 1. The van der Waals surface area contributed by atoms with E-state index >= 15 is 0 Å². The highest BCUT2D eigenvalue weighted by Gasteiger charge is 2.45. The molecule has 0 aromatic heterocycles. The van der Waals surface area contributed by atoms with Gasteiger partial charge < -0.3 is 5.32 Å². The number of amides is 1. The summed E-state index contributed by atoms with van der Waals surface area (Å²) in [5.41, 5.74) is 0.500. The van der Waals surface area contributed by atoms with Gasteiger partial charge in [-0.1, -0.05) is 19.9 Å². The van der Waals surface area contributed by atoms with Crippen molar-refractivity contribution in [1.82, 2.24) is 5.32 Å². The number of nitrogens with one attached hydrogen (secondary N) is 1. The summed E-state index contributed by atoms with van der Waals surface area (Å²) >= 11 is 3.13. The third-order valence-corrected chi connectivity index (χ3v) is 4.48. The molecule has 1 unspecified atom stereocenters. The number of carbonyl (C=O) groups is 1. The number of rotatable bonds is 4. The van der Waals surface area contributed by atoms with Crippen LogP contribution in [-0.4, -0.2) is 17.4 Å². The molecule has 0 heterocycles. The monoisotopic (exact) mass is 326 g/mol. The maximum Gasteiger partial charge on any atom is 0.284 e. The Balaban J connectivity index is 2.07. The zero-order valence-corrected chi connectivity index (χ0v) is 12.4. The van der Waals surface area contributed by atoms with E-state index in [0.29, 0.717) is 23.4 Å². The first-order valence-electron chi connectivity index (χ1n) is 6.04. The number of hydrogen-bond acceptors (Lipinski definition) is 3. The van der Waals surface area contributed by atoms with Crippen molar-refractivity contribution in [3.63, 3.8) is 0 Å². The second-order valence-electron chi connectivity index (χ2n) is 5.50. The number of benzene rings is 1. The molecule has 1 amide bonds. The molecule has 1 aliphatic rings. The Morgan fingerprint density at radius 1 is 1.58 bits per heavy atom. The molecule has 102 valence electrons. The zero-order chi connectivity index (χ0) is 14.2. The number of hydrogen-bond donors (Lipinski definition) is 1. The lowest BCUT2D eigenvalue weighted by molar-refractivity contribution is -0.385. The summed E-state index contributed by atoms with van der Waals surface area (Å²) in [5.74, 6) is 0.215. The molecule has 1 fully saturated rings. The average Bonchev–Trinajstić information content (AvgIpc) is 2.94. The molecule has 1 aromatic carbocycles. The smallest absolute Gasteiger partial charge is 0.284 e. The predicted octanol–water partition coefficient (Wildman–Crippen LogP) is 3.13. The maximum atomic E-state index is 12.0. The fraction of sp³-hybridized carbons (Fsp3) is 0.462. The van der Waals surface area contributed by atoms with Gasteiger partial charge in [0.2, 0.25) is 0 Å². The lowest BCUT2D eigenvalue weighted by Crippen LogP contribution is -2.27. The fourth-order valence-corrected chi connectivity index (χ4v) is 2.66. The van der Waals surface area contributed by atoms with Gasteiger partial charge in [-0.2, -0.15) is 0 Å². The molecule has 0 spiro atoms. The molecule has 5 nitrogen and oxygen atoms in total. The van der Waals surface area contributed by atoms with E-state index in [9.17, 15) is 14.9 Å². The summed E-state index contributed by atoms with van der Waals surface area (Å²) in [6, 6.07) is 4.45. The molecular weight excluding hydrogens is 312 g/mol. The normalized spacial score (nSPS) is 19.8. The van der Waals surface area contributed by atoms with Crippen LogP contribution in [0.2, 0.25) is 0 Å². The second-order valence-corrected chi connectivity index (χ2v) is 6.29. The van der Waals surface area contributed by atoms with Crippen molar-refractivity contribution >= 4 is 27.5 Å². The quantitative estimate of drug-likeness (QED) is 0.682. The number of nitrogens with zero attached hydrogens (tertiary/aromatic N) is 1. The van der Waals surface area contributed by atoms with Crippen LogP contribution in [0.25, 0.3) is 0 Å². The highest BCUT2D eigenvalue weighted by Crippen LogP contribution is 2.51. The number of nitro benzene ring substituents is 1. The largest absolute Gasteiger partial charge is 0.352 e. The van der Waals surface area contributed by atoms with Crippen LogP contribution >= 0.6 is 15.9 Å². The minimum atomic E-state index is -0.509. The minimum absolute atomic E-state index is 0.0978. The predicted molar refractivity (Wildman–Crippen MR) is 75.0 cm³/mol. The topological polar surface area (TPSA) is 72.2 Å². The molecule has 0 bridgehead atoms. The highest BCUT2D eigenvalue weighted by molar-refractivity contribution is 9.10. The number of carbonyl (C=O) groups excluding carboxylic acids is 1. The van der Waals surface area contributed by atoms with Crippen molar-refractivity contribution in [2.75, 3.05) is 6.54 Å². The van der Waals surface area contributed by atoms with E-state index < -0.39 is 4.92 Å². The Hall–Kier alpha value is -1.43. The van der Waals surface area contributed by atoms with Crippen LogP contribution < -0.4 is 5.32 Å². The Bertz CT molecular complexity index is 543. The Morgan fingerprint density at radius 3 is 2.74 bits per heavy atom. The zero-order valence-electron chi connectivity index (χ0n) is 10.8. The van der Waals surface area contributed by atoms with E-state index in [-0.39, 0.29) is 16.1 Å². The maximum absolute atomic E-state index is 12.0. The lowest BCUT2D eigenvalue weighted by Gasteiger charge is -2.08. The molecule has 19 heavy (non-hydrogen) atoms. The summed E-state index contributed by atoms with van der Waals surface area (Å²) in [7, 11) is 0. The van der Waals surface area contributed by atoms with Gasteiger partial charge in [0, 0.05) is 12.6 Å². The molecule has 1 aromatic rings. The van der Waals surface area contributed by atoms with E-state index in [2.05, 4.69) is 35.1 Å². The van der Waals surface area contributed by atoms with Gasteiger partial charge in [0.15, 0.2) is 0 Å². The van der Waals surface area contributed by atoms with Gasteiger partial charge in [0.25, 0.3) is 11.6 Å². The SMILES string of the molecule is CC1(C)CC1CNC(=O)c1cccc([N+](=O)[O-])c1Br. The Morgan fingerprint density at radius 2 is 2.21 bits per heavy atom. The van der Waals surface area contributed by atoms with E-state index in [4.69, 9.17) is 0 Å². The van der Waals surface area contributed by atoms with E-state index in [0.717, 1.165) is 6.42 Å². The van der Waals surface area contributed by atoms with Crippen LogP contribution in [0.4, 0.5) is 5.69 Å². The fourth-order valence-electron chi connectivity index (χ4n) is 2.07. The van der Waals surface area contributed by atoms with Crippen molar-refractivity contribution in [1.29, 1.82) is 0 Å². The minimum Gasteiger partial charge on any atom is -0.352 e. The van der Waals surface area contributed by atoms with Crippen molar-refractivity contribution in [2.24, 2.45) is 11.3 Å². The summed E-state index contributed by atoms with van der Waals surface area (Å²) in [6.07, 6.45) is 1.10. The van der Waals surface area contributed by atoms with Crippen LogP contribution in [0.15, 0.2) is 22.7 Å². The van der Waals surface area contributed by atoms with Gasteiger partial charge in [-0.15, -0.1) is 0 Å². The van der Waals surface area contributed by atoms with Crippen LogP contribution in [0.3, 0.4) is 0 Å². The van der Waals surface area contributed by atoms with Crippen LogP contribution in [0, 0.1) is 21.4 Å². The highest BCUT2D eigenvalue weighted by atomic mass is 79.9. The third kappa shape index (κ3) is 2.94. The molecule has 6 heteroatoms. The average molecular weight is 327 g/mol. The molecule has 1 atom stereocenters. The molecule has 0 aliphatic heterocycles. The molecule has 0 radical (unpaired) electrons. The van der Waals surface area contributed by atoms with Crippen molar-refractivity contribution in [3.05, 3.63) is 38.3 Å². The van der Waals surface area contributed by atoms with Gasteiger partial charge in [0.1, 0.15) is 4.47 Å². The second kappa shape index (κ2) is 4.92. The van der Waals surface area contributed by atoms with Crippen molar-refractivity contribution in [2.45, 2.75) is 20.3 Å². The molecule has 1 saturated carbocycles. The number of halogens is 1. The molecular formula is C13H15BrN2O3. The summed E-state index contributed by atoms with van der Waals surface area (Å²) < 4.78 is 0.229. The van der Waals surface area contributed by atoms with Crippen LogP contribution in [0.1, 0.15) is 30.6 Å². The first-order chi connectivity index (χ1) is 8.83. The summed E-state index contributed by atoms with van der Waals surface area (Å²) in [6.45, 7) is 4.93. The third-order valence-electron chi connectivity index (χ3n) is 3.65. The Labute approximate surface area is 119 Å². The standard InChI is InChI=1S/C13H15BrN2O3/c1-13(2)6-8(13)7-15-12(17)9-4-3-5-10(11(9)14)16(18)19/h3-5,8H,6-7H2,1-2H3,(H,15,17). The Kier molecular flexibility index (Phi) is 3.62. The molecule has 1 N–H and O–H groups in total. The van der Waals surface area contributed by atoms with Crippen molar-refractivity contribution < 1.29 is 9.72 Å². The first kappa shape index (κ1) is 14.0.